The average molecular weight is 335 g/mol. The van der Waals surface area contributed by atoms with E-state index in [0.29, 0.717) is 15.5 Å². The van der Waals surface area contributed by atoms with Crippen molar-refractivity contribution in [3.8, 4) is 5.88 Å². The highest BCUT2D eigenvalue weighted by Crippen LogP contribution is 2.24. The van der Waals surface area contributed by atoms with Gasteiger partial charge in [-0.05, 0) is 36.7 Å². The number of esters is 1. The highest BCUT2D eigenvalue weighted by Gasteiger charge is 2.17. The summed E-state index contributed by atoms with van der Waals surface area (Å²) in [5.74, 6) is 0.317. The van der Waals surface area contributed by atoms with Gasteiger partial charge in [-0.1, -0.05) is 11.8 Å². The maximum Gasteiger partial charge on any atom is 0.316 e. The van der Waals surface area contributed by atoms with Crippen LogP contribution in [0.3, 0.4) is 0 Å². The number of halogens is 1. The van der Waals surface area contributed by atoms with Crippen molar-refractivity contribution in [1.29, 1.82) is 0 Å². The van der Waals surface area contributed by atoms with E-state index < -0.39 is 5.60 Å². The number of ether oxygens (including phenoxy) is 2. The maximum absolute atomic E-state index is 11.5. The lowest BCUT2D eigenvalue weighted by molar-refractivity contribution is -0.151. The molecule has 1 rings (SSSR count). The summed E-state index contributed by atoms with van der Waals surface area (Å²) >= 11 is 4.47. The third-order valence-electron chi connectivity index (χ3n) is 1.62. The quantitative estimate of drug-likeness (QED) is 0.479. The molecule has 0 N–H and O–H groups in total. The van der Waals surface area contributed by atoms with Crippen molar-refractivity contribution in [2.75, 3.05) is 12.9 Å². The number of carbonyl (C=O) groups is 1. The first-order valence-electron chi connectivity index (χ1n) is 5.23. The summed E-state index contributed by atoms with van der Waals surface area (Å²) in [5.41, 5.74) is -0.476. The number of methoxy groups -OCH3 is 1. The zero-order valence-corrected chi connectivity index (χ0v) is 13.1. The monoisotopic (exact) mass is 334 g/mol. The van der Waals surface area contributed by atoms with Crippen LogP contribution in [0.5, 0.6) is 5.88 Å². The van der Waals surface area contributed by atoms with E-state index in [-0.39, 0.29) is 11.7 Å². The molecule has 0 bridgehead atoms. The second-order valence-corrected chi connectivity index (χ2v) is 6.18. The van der Waals surface area contributed by atoms with Crippen molar-refractivity contribution in [3.05, 3.63) is 10.7 Å². The van der Waals surface area contributed by atoms with Gasteiger partial charge in [-0.3, -0.25) is 4.79 Å². The minimum atomic E-state index is -0.476. The first-order chi connectivity index (χ1) is 8.31. The summed E-state index contributed by atoms with van der Waals surface area (Å²) in [6, 6.07) is 0. The van der Waals surface area contributed by atoms with Crippen molar-refractivity contribution in [3.63, 3.8) is 0 Å². The molecule has 1 aromatic heterocycles. The first kappa shape index (κ1) is 15.2. The summed E-state index contributed by atoms with van der Waals surface area (Å²) in [5, 5.41) is 0.473. The maximum atomic E-state index is 11.5. The molecular formula is C11H15BrN2O3S. The van der Waals surface area contributed by atoms with Crippen molar-refractivity contribution in [2.45, 2.75) is 31.5 Å². The molecule has 0 saturated heterocycles. The fourth-order valence-electron chi connectivity index (χ4n) is 1.04. The lowest BCUT2D eigenvalue weighted by Gasteiger charge is -2.19. The molecule has 0 aliphatic carbocycles. The predicted molar refractivity (Wildman–Crippen MR) is 72.9 cm³/mol. The highest BCUT2D eigenvalue weighted by atomic mass is 79.9. The fourth-order valence-corrected chi connectivity index (χ4v) is 1.98. The first-order valence-corrected chi connectivity index (χ1v) is 7.01. The molecular weight excluding hydrogens is 320 g/mol. The van der Waals surface area contributed by atoms with Crippen LogP contribution in [-0.4, -0.2) is 34.4 Å². The molecule has 100 valence electrons. The smallest absolute Gasteiger partial charge is 0.316 e. The van der Waals surface area contributed by atoms with Crippen LogP contribution in [0.25, 0.3) is 0 Å². The zero-order valence-electron chi connectivity index (χ0n) is 10.7. The van der Waals surface area contributed by atoms with Crippen LogP contribution in [0.2, 0.25) is 0 Å². The van der Waals surface area contributed by atoms with E-state index in [1.165, 1.54) is 18.9 Å². The second-order valence-electron chi connectivity index (χ2n) is 4.38. The summed E-state index contributed by atoms with van der Waals surface area (Å²) in [4.78, 5) is 19.7. The van der Waals surface area contributed by atoms with Gasteiger partial charge in [0.15, 0.2) is 5.16 Å². The largest absolute Gasteiger partial charge is 0.480 e. The van der Waals surface area contributed by atoms with Gasteiger partial charge in [-0.2, -0.15) is 4.98 Å². The normalized spacial score (nSPS) is 11.2. The number of thioether (sulfide) groups is 1. The molecule has 5 nitrogen and oxygen atoms in total. The topological polar surface area (TPSA) is 61.3 Å². The van der Waals surface area contributed by atoms with E-state index in [4.69, 9.17) is 9.47 Å². The molecule has 0 aromatic carbocycles. The summed E-state index contributed by atoms with van der Waals surface area (Å²) in [6.07, 6.45) is 1.59. The predicted octanol–water partition coefficient (Wildman–Crippen LogP) is 2.68. The van der Waals surface area contributed by atoms with Crippen molar-refractivity contribution >= 4 is 33.7 Å². The average Bonchev–Trinajstić information content (AvgIpc) is 2.25. The van der Waals surface area contributed by atoms with Gasteiger partial charge >= 0.3 is 5.97 Å². The Morgan fingerprint density at radius 1 is 1.50 bits per heavy atom. The molecule has 7 heteroatoms. The minimum absolute atomic E-state index is 0.169. The van der Waals surface area contributed by atoms with Gasteiger partial charge in [0.1, 0.15) is 5.60 Å². The number of aromatic nitrogens is 2. The molecule has 0 fully saturated rings. The van der Waals surface area contributed by atoms with E-state index in [9.17, 15) is 4.79 Å². The van der Waals surface area contributed by atoms with E-state index in [1.54, 1.807) is 6.20 Å². The van der Waals surface area contributed by atoms with Gasteiger partial charge in [0.05, 0.1) is 17.3 Å². The Morgan fingerprint density at radius 2 is 2.17 bits per heavy atom. The van der Waals surface area contributed by atoms with Gasteiger partial charge < -0.3 is 9.47 Å². The second kappa shape index (κ2) is 6.38. The zero-order chi connectivity index (χ0) is 13.8. The molecule has 0 unspecified atom stereocenters. The molecule has 0 aliphatic heterocycles. The van der Waals surface area contributed by atoms with Crippen LogP contribution in [0, 0.1) is 0 Å². The molecule has 18 heavy (non-hydrogen) atoms. The molecule has 0 saturated carbocycles. The third-order valence-corrected chi connectivity index (χ3v) is 3.00. The Bertz CT molecular complexity index is 435. The molecule has 0 radical (unpaired) electrons. The van der Waals surface area contributed by atoms with E-state index in [0.717, 1.165) is 0 Å². The van der Waals surface area contributed by atoms with Gasteiger partial charge in [0, 0.05) is 6.20 Å². The Labute approximate surface area is 119 Å². The lowest BCUT2D eigenvalue weighted by atomic mass is 10.2. The molecule has 0 amide bonds. The van der Waals surface area contributed by atoms with Gasteiger partial charge in [0.25, 0.3) is 0 Å². The van der Waals surface area contributed by atoms with Crippen LogP contribution in [0.15, 0.2) is 15.8 Å². The van der Waals surface area contributed by atoms with Crippen LogP contribution in [0.1, 0.15) is 20.8 Å². The summed E-state index contributed by atoms with van der Waals surface area (Å²) in [6.45, 7) is 5.48. The van der Waals surface area contributed by atoms with Crippen molar-refractivity contribution in [2.24, 2.45) is 0 Å². The number of hydrogen-bond acceptors (Lipinski definition) is 6. The van der Waals surface area contributed by atoms with E-state index >= 15 is 0 Å². The van der Waals surface area contributed by atoms with Crippen molar-refractivity contribution < 1.29 is 14.3 Å². The van der Waals surface area contributed by atoms with Gasteiger partial charge in [-0.15, -0.1) is 0 Å². The number of hydrogen-bond donors (Lipinski definition) is 0. The molecule has 0 atom stereocenters. The fraction of sp³-hybridized carbons (Fsp3) is 0.545. The van der Waals surface area contributed by atoms with E-state index in [1.807, 2.05) is 20.8 Å². The summed E-state index contributed by atoms with van der Waals surface area (Å²) in [7, 11) is 1.52. The van der Waals surface area contributed by atoms with Crippen LogP contribution < -0.4 is 4.74 Å². The third kappa shape index (κ3) is 5.22. The summed E-state index contributed by atoms with van der Waals surface area (Å²) < 4.78 is 10.9. The Hall–Kier alpha value is -0.820. The molecule has 1 heterocycles. The number of carbonyl (C=O) groups excluding carboxylic acids is 1. The highest BCUT2D eigenvalue weighted by molar-refractivity contribution is 9.10. The number of nitrogens with zero attached hydrogens (tertiary/aromatic N) is 2. The Morgan fingerprint density at radius 3 is 2.72 bits per heavy atom. The Kier molecular flexibility index (Phi) is 5.40. The number of rotatable bonds is 4. The standard InChI is InChI=1S/C11H15BrN2O3S/c1-11(2,3)17-8(15)6-18-10-13-5-7(12)9(14-10)16-4/h5H,6H2,1-4H3. The van der Waals surface area contributed by atoms with Crippen LogP contribution >= 0.6 is 27.7 Å². The molecule has 1 aromatic rings. The molecule has 0 spiro atoms. The minimum Gasteiger partial charge on any atom is -0.480 e. The van der Waals surface area contributed by atoms with Crippen molar-refractivity contribution in [1.82, 2.24) is 9.97 Å². The van der Waals surface area contributed by atoms with E-state index in [2.05, 4.69) is 25.9 Å². The lowest BCUT2D eigenvalue weighted by Crippen LogP contribution is -2.24. The molecule has 0 aliphatic rings. The van der Waals surface area contributed by atoms with Crippen LogP contribution in [-0.2, 0) is 9.53 Å². The Balaban J connectivity index is 2.56. The van der Waals surface area contributed by atoms with Gasteiger partial charge in [-0.25, -0.2) is 4.98 Å². The SMILES string of the molecule is COc1nc(SCC(=O)OC(C)(C)C)ncc1Br. The van der Waals surface area contributed by atoms with Gasteiger partial charge in [0.2, 0.25) is 5.88 Å². The van der Waals surface area contributed by atoms with Crippen LogP contribution in [0.4, 0.5) is 0 Å².